The number of thioether (sulfide) groups is 1. The van der Waals surface area contributed by atoms with Gasteiger partial charge in [-0.2, -0.15) is 0 Å². The van der Waals surface area contributed by atoms with Crippen LogP contribution in [0.25, 0.3) is 0 Å². The Labute approximate surface area is 161 Å². The Kier molecular flexibility index (Phi) is 5.93. The minimum atomic E-state index is -0.377. The summed E-state index contributed by atoms with van der Waals surface area (Å²) in [6, 6.07) is 7.76. The van der Waals surface area contributed by atoms with E-state index in [1.165, 1.54) is 11.3 Å². The average molecular weight is 391 g/mol. The standard InChI is InChI=1S/C18H22N4O2S2/c1-4-12(3)25-18-21-20-17(26-18)19-16(24)13-9-15(23)22(10-13)14-7-5-11(2)6-8-14/h5-8,12-13H,4,9-10H2,1-3H3,(H,19,20,24). The fraction of sp³-hybridized carbons (Fsp3) is 0.444. The van der Waals surface area contributed by atoms with Gasteiger partial charge in [-0.15, -0.1) is 10.2 Å². The molecule has 0 aliphatic carbocycles. The largest absolute Gasteiger partial charge is 0.312 e. The number of hydrogen-bond donors (Lipinski definition) is 1. The summed E-state index contributed by atoms with van der Waals surface area (Å²) in [6.45, 7) is 6.65. The van der Waals surface area contributed by atoms with Crippen LogP contribution in [0.5, 0.6) is 0 Å². The van der Waals surface area contributed by atoms with Gasteiger partial charge in [-0.1, -0.05) is 54.6 Å². The normalized spacial score (nSPS) is 18.2. The van der Waals surface area contributed by atoms with E-state index >= 15 is 0 Å². The maximum atomic E-state index is 12.5. The molecule has 1 aliphatic rings. The lowest BCUT2D eigenvalue weighted by Gasteiger charge is -2.16. The van der Waals surface area contributed by atoms with Gasteiger partial charge < -0.3 is 10.2 Å². The van der Waals surface area contributed by atoms with Gasteiger partial charge in [0, 0.05) is 23.9 Å². The summed E-state index contributed by atoms with van der Waals surface area (Å²) in [6.07, 6.45) is 1.26. The summed E-state index contributed by atoms with van der Waals surface area (Å²) < 4.78 is 0.846. The second kappa shape index (κ2) is 8.18. The van der Waals surface area contributed by atoms with Crippen molar-refractivity contribution in [2.24, 2.45) is 5.92 Å². The lowest BCUT2D eigenvalue weighted by atomic mass is 10.1. The number of aromatic nitrogens is 2. The number of carbonyl (C=O) groups is 2. The SMILES string of the molecule is CCC(C)Sc1nnc(NC(=O)C2CC(=O)N(c3ccc(C)cc3)C2)s1. The molecule has 2 amide bonds. The summed E-state index contributed by atoms with van der Waals surface area (Å²) >= 11 is 3.03. The number of benzene rings is 1. The first kappa shape index (κ1) is 18.8. The number of aryl methyl sites for hydroxylation is 1. The molecule has 3 rings (SSSR count). The molecule has 26 heavy (non-hydrogen) atoms. The Morgan fingerprint density at radius 2 is 2.12 bits per heavy atom. The van der Waals surface area contributed by atoms with Gasteiger partial charge in [-0.3, -0.25) is 9.59 Å². The van der Waals surface area contributed by atoms with Gasteiger partial charge in [-0.05, 0) is 25.5 Å². The van der Waals surface area contributed by atoms with Crippen LogP contribution in [-0.4, -0.2) is 33.8 Å². The zero-order chi connectivity index (χ0) is 18.7. The molecule has 2 heterocycles. The Balaban J connectivity index is 1.60. The summed E-state index contributed by atoms with van der Waals surface area (Å²) in [5, 5.41) is 11.9. The minimum absolute atomic E-state index is 0.0284. The first-order valence-electron chi connectivity index (χ1n) is 8.64. The van der Waals surface area contributed by atoms with Gasteiger partial charge in [0.05, 0.1) is 5.92 Å². The van der Waals surface area contributed by atoms with E-state index in [1.54, 1.807) is 16.7 Å². The lowest BCUT2D eigenvalue weighted by molar-refractivity contribution is -0.122. The van der Waals surface area contributed by atoms with Crippen LogP contribution in [-0.2, 0) is 9.59 Å². The van der Waals surface area contributed by atoms with E-state index < -0.39 is 0 Å². The third-order valence-corrected chi connectivity index (χ3v) is 6.55. The van der Waals surface area contributed by atoms with Crippen LogP contribution in [0.4, 0.5) is 10.8 Å². The van der Waals surface area contributed by atoms with Crippen LogP contribution >= 0.6 is 23.1 Å². The van der Waals surface area contributed by atoms with Crippen LogP contribution in [0.15, 0.2) is 28.6 Å². The molecule has 1 N–H and O–H groups in total. The molecular formula is C18H22N4O2S2. The summed E-state index contributed by atoms with van der Waals surface area (Å²) in [7, 11) is 0. The highest BCUT2D eigenvalue weighted by Gasteiger charge is 2.35. The van der Waals surface area contributed by atoms with E-state index in [0.29, 0.717) is 16.9 Å². The fourth-order valence-corrected chi connectivity index (χ4v) is 4.63. The zero-order valence-corrected chi connectivity index (χ0v) is 16.7. The predicted molar refractivity (Wildman–Crippen MR) is 106 cm³/mol. The maximum Gasteiger partial charge on any atom is 0.231 e. The molecule has 1 saturated heterocycles. The Bertz CT molecular complexity index is 791. The van der Waals surface area contributed by atoms with Gasteiger partial charge in [0.25, 0.3) is 0 Å². The second-order valence-corrected chi connectivity index (χ2v) is 9.10. The quantitative estimate of drug-likeness (QED) is 0.601. The molecule has 0 bridgehead atoms. The van der Waals surface area contributed by atoms with Crippen LogP contribution in [0.3, 0.4) is 0 Å². The molecular weight excluding hydrogens is 368 g/mol. The molecule has 2 atom stereocenters. The van der Waals surface area contributed by atoms with Crippen molar-refractivity contribution in [3.05, 3.63) is 29.8 Å². The summed E-state index contributed by atoms with van der Waals surface area (Å²) in [5.74, 6) is -0.582. The number of rotatable bonds is 6. The van der Waals surface area contributed by atoms with Crippen molar-refractivity contribution in [1.29, 1.82) is 0 Å². The van der Waals surface area contributed by atoms with E-state index in [-0.39, 0.29) is 24.2 Å². The van der Waals surface area contributed by atoms with E-state index in [9.17, 15) is 9.59 Å². The van der Waals surface area contributed by atoms with Crippen LogP contribution in [0.2, 0.25) is 0 Å². The van der Waals surface area contributed by atoms with Crippen molar-refractivity contribution >= 4 is 45.7 Å². The first-order valence-corrected chi connectivity index (χ1v) is 10.3. The maximum absolute atomic E-state index is 12.5. The Hall–Kier alpha value is -1.93. The smallest absolute Gasteiger partial charge is 0.231 e. The zero-order valence-electron chi connectivity index (χ0n) is 15.1. The van der Waals surface area contributed by atoms with Crippen molar-refractivity contribution in [3.63, 3.8) is 0 Å². The van der Waals surface area contributed by atoms with Crippen molar-refractivity contribution in [1.82, 2.24) is 10.2 Å². The number of nitrogens with zero attached hydrogens (tertiary/aromatic N) is 3. The molecule has 1 fully saturated rings. The van der Waals surface area contributed by atoms with E-state index in [0.717, 1.165) is 22.0 Å². The van der Waals surface area contributed by atoms with Crippen molar-refractivity contribution in [2.75, 3.05) is 16.8 Å². The Morgan fingerprint density at radius 3 is 2.81 bits per heavy atom. The third kappa shape index (κ3) is 4.42. The van der Waals surface area contributed by atoms with Crippen LogP contribution in [0.1, 0.15) is 32.3 Å². The molecule has 2 aromatic rings. The van der Waals surface area contributed by atoms with E-state index in [2.05, 4.69) is 29.4 Å². The molecule has 6 nitrogen and oxygen atoms in total. The van der Waals surface area contributed by atoms with Crippen molar-refractivity contribution < 1.29 is 9.59 Å². The molecule has 0 radical (unpaired) electrons. The van der Waals surface area contributed by atoms with Crippen LogP contribution in [0, 0.1) is 12.8 Å². The monoisotopic (exact) mass is 390 g/mol. The molecule has 0 spiro atoms. The number of carbonyl (C=O) groups excluding carboxylic acids is 2. The third-order valence-electron chi connectivity index (χ3n) is 4.35. The van der Waals surface area contributed by atoms with E-state index in [4.69, 9.17) is 0 Å². The van der Waals surface area contributed by atoms with Crippen molar-refractivity contribution in [3.8, 4) is 0 Å². The fourth-order valence-electron chi connectivity index (χ4n) is 2.63. The molecule has 0 saturated carbocycles. The van der Waals surface area contributed by atoms with E-state index in [1.807, 2.05) is 31.2 Å². The van der Waals surface area contributed by atoms with Gasteiger partial charge >= 0.3 is 0 Å². The van der Waals surface area contributed by atoms with Crippen LogP contribution < -0.4 is 10.2 Å². The molecule has 138 valence electrons. The minimum Gasteiger partial charge on any atom is -0.312 e. The second-order valence-electron chi connectivity index (χ2n) is 6.44. The number of anilines is 2. The summed E-state index contributed by atoms with van der Waals surface area (Å²) in [5.41, 5.74) is 1.97. The average Bonchev–Trinajstić information content (AvgIpc) is 3.22. The van der Waals surface area contributed by atoms with Crippen molar-refractivity contribution in [2.45, 2.75) is 43.2 Å². The summed E-state index contributed by atoms with van der Waals surface area (Å²) in [4.78, 5) is 26.5. The Morgan fingerprint density at radius 1 is 1.38 bits per heavy atom. The predicted octanol–water partition coefficient (Wildman–Crippen LogP) is 3.73. The molecule has 1 aromatic carbocycles. The molecule has 2 unspecified atom stereocenters. The first-order chi connectivity index (χ1) is 12.5. The lowest BCUT2D eigenvalue weighted by Crippen LogP contribution is -2.28. The van der Waals surface area contributed by atoms with Gasteiger partial charge in [0.15, 0.2) is 4.34 Å². The topological polar surface area (TPSA) is 75.2 Å². The molecule has 8 heteroatoms. The highest BCUT2D eigenvalue weighted by Crippen LogP contribution is 2.31. The highest BCUT2D eigenvalue weighted by molar-refractivity contribution is 8.01. The highest BCUT2D eigenvalue weighted by atomic mass is 32.2. The molecule has 1 aliphatic heterocycles. The van der Waals surface area contributed by atoms with Gasteiger partial charge in [0.1, 0.15) is 0 Å². The molecule has 1 aromatic heterocycles. The number of nitrogens with one attached hydrogen (secondary N) is 1. The number of hydrogen-bond acceptors (Lipinski definition) is 6. The van der Waals surface area contributed by atoms with Gasteiger partial charge in [0.2, 0.25) is 16.9 Å². The number of amides is 2. The van der Waals surface area contributed by atoms with Gasteiger partial charge in [-0.25, -0.2) is 0 Å².